The van der Waals surface area contributed by atoms with Gasteiger partial charge in [-0.3, -0.25) is 14.2 Å². The van der Waals surface area contributed by atoms with Gasteiger partial charge in [-0.2, -0.15) is 0 Å². The lowest BCUT2D eigenvalue weighted by Gasteiger charge is -2.26. The minimum absolute atomic E-state index is 0.0282. The number of nitrogens with one attached hydrogen (secondary N) is 3. The maximum atomic E-state index is 12.1. The summed E-state index contributed by atoms with van der Waals surface area (Å²) in [5, 5.41) is 18.0. The predicted molar refractivity (Wildman–Crippen MR) is 125 cm³/mol. The Morgan fingerprint density at radius 3 is 2.50 bits per heavy atom. The fraction of sp³-hybridized carbons (Fsp3) is 0.364. The number of carbonyl (C=O) groups excluding carboxylic acids is 1. The molecule has 3 aromatic heterocycles. The average Bonchev–Trinajstić information content (AvgIpc) is 3.25. The molecule has 1 saturated heterocycles. The minimum Gasteiger partial charge on any atom is -0.377 e. The number of hydrogen-bond donors (Lipinski definition) is 3. The topological polar surface area (TPSA) is 136 Å². The third-order valence-corrected chi connectivity index (χ3v) is 6.01. The standard InChI is InChI=1S/C22H23ClN8O3/c23-13-1-6-20(32)31(10-13)17-4-5-19(24-8-17)26-14-2-3-15(7-14)28-22-25-9-18(29-30-22)21(33)27-16-11-34-12-16/h1,4-6,8-10,14-16H,2-3,7,11-12H2,(H,24,26)(H,27,33)(H,25,28,30)/t14-,15-/m0/s1. The van der Waals surface area contributed by atoms with E-state index >= 15 is 0 Å². The van der Waals surface area contributed by atoms with Crippen molar-refractivity contribution < 1.29 is 9.53 Å². The Balaban J connectivity index is 1.13. The van der Waals surface area contributed by atoms with Crippen LogP contribution in [-0.2, 0) is 4.74 Å². The van der Waals surface area contributed by atoms with Gasteiger partial charge in [0.1, 0.15) is 5.82 Å². The molecule has 0 radical (unpaired) electrons. The molecule has 0 bridgehead atoms. The van der Waals surface area contributed by atoms with Gasteiger partial charge in [-0.25, -0.2) is 9.97 Å². The van der Waals surface area contributed by atoms with Crippen molar-refractivity contribution in [1.82, 2.24) is 30.0 Å². The van der Waals surface area contributed by atoms with Crippen LogP contribution in [0.1, 0.15) is 29.8 Å². The summed E-state index contributed by atoms with van der Waals surface area (Å²) >= 11 is 6.00. The van der Waals surface area contributed by atoms with Crippen molar-refractivity contribution in [3.05, 3.63) is 63.9 Å². The van der Waals surface area contributed by atoms with Crippen molar-refractivity contribution >= 4 is 29.3 Å². The summed E-state index contributed by atoms with van der Waals surface area (Å²) in [6, 6.07) is 7.09. The molecule has 12 heteroatoms. The molecule has 2 aliphatic rings. The molecule has 0 spiro atoms. The van der Waals surface area contributed by atoms with E-state index in [9.17, 15) is 9.59 Å². The Bertz CT molecular complexity index is 1210. The highest BCUT2D eigenvalue weighted by Gasteiger charge is 2.26. The quantitative estimate of drug-likeness (QED) is 0.459. The number of anilines is 2. The van der Waals surface area contributed by atoms with E-state index in [-0.39, 0.29) is 35.3 Å². The smallest absolute Gasteiger partial charge is 0.273 e. The summed E-state index contributed by atoms with van der Waals surface area (Å²) < 4.78 is 6.50. The second-order valence-corrected chi connectivity index (χ2v) is 8.76. The van der Waals surface area contributed by atoms with Crippen molar-refractivity contribution in [3.63, 3.8) is 0 Å². The molecule has 1 amide bonds. The number of nitrogens with zero attached hydrogens (tertiary/aromatic N) is 5. The number of halogens is 1. The van der Waals surface area contributed by atoms with Crippen molar-refractivity contribution in [2.45, 2.75) is 37.4 Å². The average molecular weight is 483 g/mol. The highest BCUT2D eigenvalue weighted by atomic mass is 35.5. The highest BCUT2D eigenvalue weighted by Crippen LogP contribution is 2.24. The van der Waals surface area contributed by atoms with E-state index in [1.165, 1.54) is 16.8 Å². The molecule has 3 aromatic rings. The first-order valence-electron chi connectivity index (χ1n) is 11.0. The van der Waals surface area contributed by atoms with Crippen LogP contribution < -0.4 is 21.5 Å². The van der Waals surface area contributed by atoms with Crippen molar-refractivity contribution in [2.24, 2.45) is 0 Å². The second-order valence-electron chi connectivity index (χ2n) is 8.33. The summed E-state index contributed by atoms with van der Waals surface area (Å²) in [6.07, 6.45) is 7.36. The Morgan fingerprint density at radius 2 is 1.82 bits per heavy atom. The zero-order valence-corrected chi connectivity index (χ0v) is 18.9. The van der Waals surface area contributed by atoms with Crippen molar-refractivity contribution in [2.75, 3.05) is 23.8 Å². The van der Waals surface area contributed by atoms with Crippen LogP contribution >= 0.6 is 11.6 Å². The fourth-order valence-corrected chi connectivity index (χ4v) is 4.10. The zero-order chi connectivity index (χ0) is 23.5. The first kappa shape index (κ1) is 22.2. The zero-order valence-electron chi connectivity index (χ0n) is 18.1. The van der Waals surface area contributed by atoms with E-state index in [4.69, 9.17) is 16.3 Å². The van der Waals surface area contributed by atoms with Crippen LogP contribution in [0.2, 0.25) is 5.02 Å². The summed E-state index contributed by atoms with van der Waals surface area (Å²) in [4.78, 5) is 32.8. The maximum absolute atomic E-state index is 12.1. The van der Waals surface area contributed by atoms with Crippen LogP contribution in [0.25, 0.3) is 5.69 Å². The third kappa shape index (κ3) is 5.15. The van der Waals surface area contributed by atoms with Crippen molar-refractivity contribution in [3.8, 4) is 5.69 Å². The Morgan fingerprint density at radius 1 is 1.00 bits per heavy atom. The molecule has 5 rings (SSSR count). The van der Waals surface area contributed by atoms with E-state index in [2.05, 4.69) is 36.1 Å². The molecular weight excluding hydrogens is 460 g/mol. The van der Waals surface area contributed by atoms with Gasteiger partial charge in [0, 0.05) is 24.3 Å². The Hall–Kier alpha value is -3.57. The number of ether oxygens (including phenoxy) is 1. The first-order chi connectivity index (χ1) is 16.5. The molecule has 0 aromatic carbocycles. The molecule has 0 unspecified atom stereocenters. The lowest BCUT2D eigenvalue weighted by molar-refractivity contribution is -0.00357. The molecule has 1 aliphatic carbocycles. The van der Waals surface area contributed by atoms with E-state index < -0.39 is 0 Å². The van der Waals surface area contributed by atoms with Gasteiger partial charge in [0.15, 0.2) is 5.69 Å². The van der Waals surface area contributed by atoms with Gasteiger partial charge < -0.3 is 20.7 Å². The lowest BCUT2D eigenvalue weighted by Crippen LogP contribution is -2.48. The molecule has 3 N–H and O–H groups in total. The van der Waals surface area contributed by atoms with Crippen LogP contribution in [0.4, 0.5) is 11.8 Å². The Kier molecular flexibility index (Phi) is 6.37. The van der Waals surface area contributed by atoms with Gasteiger partial charge >= 0.3 is 0 Å². The minimum atomic E-state index is -0.302. The van der Waals surface area contributed by atoms with Gasteiger partial charge in [-0.1, -0.05) is 11.6 Å². The molecule has 34 heavy (non-hydrogen) atoms. The largest absolute Gasteiger partial charge is 0.377 e. The van der Waals surface area contributed by atoms with Gasteiger partial charge in [-0.15, -0.1) is 10.2 Å². The van der Waals surface area contributed by atoms with E-state index in [0.717, 1.165) is 25.1 Å². The number of amides is 1. The van der Waals surface area contributed by atoms with E-state index in [0.29, 0.717) is 29.9 Å². The van der Waals surface area contributed by atoms with Crippen LogP contribution in [0.15, 0.2) is 47.7 Å². The number of aromatic nitrogens is 5. The van der Waals surface area contributed by atoms with E-state index in [1.807, 2.05) is 12.1 Å². The molecule has 1 saturated carbocycles. The maximum Gasteiger partial charge on any atom is 0.273 e. The van der Waals surface area contributed by atoms with Gasteiger partial charge in [0.05, 0.1) is 42.4 Å². The van der Waals surface area contributed by atoms with Gasteiger partial charge in [-0.05, 0) is 37.5 Å². The number of pyridine rings is 2. The molecule has 2 fully saturated rings. The lowest BCUT2D eigenvalue weighted by atomic mass is 10.2. The summed E-state index contributed by atoms with van der Waals surface area (Å²) in [7, 11) is 0. The second kappa shape index (κ2) is 9.74. The molecule has 2 atom stereocenters. The van der Waals surface area contributed by atoms with Crippen LogP contribution in [0, 0.1) is 0 Å². The fourth-order valence-electron chi connectivity index (χ4n) is 3.94. The number of rotatable bonds is 7. The number of carbonyl (C=O) groups is 1. The summed E-state index contributed by atoms with van der Waals surface area (Å²) in [5.74, 6) is 0.821. The molecule has 4 heterocycles. The third-order valence-electron chi connectivity index (χ3n) is 5.79. The van der Waals surface area contributed by atoms with Crippen LogP contribution in [0.3, 0.4) is 0 Å². The first-order valence-corrected chi connectivity index (χ1v) is 11.4. The molecule has 176 valence electrons. The molecule has 11 nitrogen and oxygen atoms in total. The van der Waals surface area contributed by atoms with Gasteiger partial charge in [0.2, 0.25) is 5.95 Å². The van der Waals surface area contributed by atoms with E-state index in [1.54, 1.807) is 18.5 Å². The normalized spacial score (nSPS) is 19.9. The number of hydrogen-bond acceptors (Lipinski definition) is 9. The predicted octanol–water partition coefficient (Wildman–Crippen LogP) is 1.64. The van der Waals surface area contributed by atoms with Crippen LogP contribution in [-0.4, -0.2) is 62.0 Å². The van der Waals surface area contributed by atoms with Crippen LogP contribution in [0.5, 0.6) is 0 Å². The summed E-state index contributed by atoms with van der Waals surface area (Å²) in [6.45, 7) is 1.04. The highest BCUT2D eigenvalue weighted by molar-refractivity contribution is 6.30. The SMILES string of the molecule is O=C(NC1COC1)c1cnc(N[C@H]2CC[C@H](Nc3ccc(-n4cc(Cl)ccc4=O)cn3)C2)nn1. The Labute approximate surface area is 199 Å². The summed E-state index contributed by atoms with van der Waals surface area (Å²) in [5.41, 5.74) is 0.653. The van der Waals surface area contributed by atoms with Crippen molar-refractivity contribution in [1.29, 1.82) is 0 Å². The van der Waals surface area contributed by atoms with Gasteiger partial charge in [0.25, 0.3) is 11.5 Å². The monoisotopic (exact) mass is 482 g/mol. The molecule has 1 aliphatic heterocycles. The molecular formula is C22H23ClN8O3.